The fourth-order valence-electron chi connectivity index (χ4n) is 1.52. The second-order valence-corrected chi connectivity index (χ2v) is 5.24. The fourth-order valence-corrected chi connectivity index (χ4v) is 2.10. The summed E-state index contributed by atoms with van der Waals surface area (Å²) in [6, 6.07) is 9.56. The van der Waals surface area contributed by atoms with Gasteiger partial charge >= 0.3 is 0 Å². The molecule has 0 saturated heterocycles. The Bertz CT molecular complexity index is 631. The maximum absolute atomic E-state index is 13.0. The SMILES string of the molecule is Oc1ccc(Br)cc1C=NCc1ccc(F)c(Cl)c1. The zero-order valence-corrected chi connectivity index (χ0v) is 12.1. The Morgan fingerprint density at radius 3 is 2.79 bits per heavy atom. The van der Waals surface area contributed by atoms with Crippen molar-refractivity contribution >= 4 is 33.7 Å². The van der Waals surface area contributed by atoms with E-state index in [1.54, 1.807) is 30.5 Å². The molecule has 2 nitrogen and oxygen atoms in total. The van der Waals surface area contributed by atoms with E-state index in [4.69, 9.17) is 11.6 Å². The molecular formula is C14H10BrClFNO. The molecule has 2 aromatic carbocycles. The van der Waals surface area contributed by atoms with E-state index in [1.807, 2.05) is 0 Å². The van der Waals surface area contributed by atoms with Crippen molar-refractivity contribution in [3.8, 4) is 5.75 Å². The monoisotopic (exact) mass is 341 g/mol. The van der Waals surface area contributed by atoms with Gasteiger partial charge in [-0.3, -0.25) is 4.99 Å². The summed E-state index contributed by atoms with van der Waals surface area (Å²) in [6.45, 7) is 0.367. The van der Waals surface area contributed by atoms with Crippen molar-refractivity contribution in [2.45, 2.75) is 6.54 Å². The van der Waals surface area contributed by atoms with Gasteiger partial charge in [-0.1, -0.05) is 33.6 Å². The first kappa shape index (κ1) is 14.0. The van der Waals surface area contributed by atoms with Crippen LogP contribution in [0.3, 0.4) is 0 Å². The van der Waals surface area contributed by atoms with Crippen LogP contribution in [0.15, 0.2) is 45.9 Å². The molecule has 19 heavy (non-hydrogen) atoms. The van der Waals surface area contributed by atoms with Crippen LogP contribution >= 0.6 is 27.5 Å². The van der Waals surface area contributed by atoms with Gasteiger partial charge in [0.15, 0.2) is 0 Å². The maximum Gasteiger partial charge on any atom is 0.141 e. The zero-order chi connectivity index (χ0) is 13.8. The normalized spacial score (nSPS) is 11.1. The Labute approximate surface area is 123 Å². The van der Waals surface area contributed by atoms with Crippen LogP contribution in [0.2, 0.25) is 5.02 Å². The molecule has 0 heterocycles. The zero-order valence-electron chi connectivity index (χ0n) is 9.78. The highest BCUT2D eigenvalue weighted by Gasteiger charge is 2.01. The molecule has 0 saturated carbocycles. The molecule has 0 aromatic heterocycles. The molecule has 0 aliphatic carbocycles. The molecule has 0 unspecified atom stereocenters. The maximum atomic E-state index is 13.0. The quantitative estimate of drug-likeness (QED) is 0.815. The van der Waals surface area contributed by atoms with E-state index in [-0.39, 0.29) is 10.8 Å². The number of phenols is 1. The minimum absolute atomic E-state index is 0.0815. The van der Waals surface area contributed by atoms with Crippen molar-refractivity contribution in [2.24, 2.45) is 4.99 Å². The highest BCUT2D eigenvalue weighted by molar-refractivity contribution is 9.10. The third-order valence-electron chi connectivity index (χ3n) is 2.48. The van der Waals surface area contributed by atoms with Crippen molar-refractivity contribution in [1.82, 2.24) is 0 Å². The minimum atomic E-state index is -0.445. The van der Waals surface area contributed by atoms with Crippen molar-refractivity contribution in [3.05, 3.63) is 62.8 Å². The molecule has 0 atom stereocenters. The number of phenolic OH excluding ortho intramolecular Hbond substituents is 1. The van der Waals surface area contributed by atoms with Gasteiger partial charge in [-0.25, -0.2) is 4.39 Å². The Morgan fingerprint density at radius 2 is 2.05 bits per heavy atom. The number of rotatable bonds is 3. The van der Waals surface area contributed by atoms with Gasteiger partial charge in [0.2, 0.25) is 0 Å². The molecule has 0 fully saturated rings. The summed E-state index contributed by atoms with van der Waals surface area (Å²) in [7, 11) is 0. The Balaban J connectivity index is 2.11. The number of hydrogen-bond acceptors (Lipinski definition) is 2. The molecular weight excluding hydrogens is 333 g/mol. The van der Waals surface area contributed by atoms with Crippen molar-refractivity contribution < 1.29 is 9.50 Å². The molecule has 0 aliphatic rings. The van der Waals surface area contributed by atoms with Gasteiger partial charge < -0.3 is 5.11 Å². The number of benzene rings is 2. The van der Waals surface area contributed by atoms with Gasteiger partial charge in [0.05, 0.1) is 11.6 Å². The number of aromatic hydroxyl groups is 1. The van der Waals surface area contributed by atoms with Crippen LogP contribution in [0.25, 0.3) is 0 Å². The summed E-state index contributed by atoms with van der Waals surface area (Å²) in [6.07, 6.45) is 1.57. The topological polar surface area (TPSA) is 32.6 Å². The lowest BCUT2D eigenvalue weighted by Gasteiger charge is -2.00. The molecule has 0 radical (unpaired) electrons. The summed E-state index contributed by atoms with van der Waals surface area (Å²) in [4.78, 5) is 4.20. The smallest absolute Gasteiger partial charge is 0.141 e. The number of halogens is 3. The van der Waals surface area contributed by atoms with E-state index in [9.17, 15) is 9.50 Å². The van der Waals surface area contributed by atoms with Gasteiger partial charge in [0, 0.05) is 16.3 Å². The van der Waals surface area contributed by atoms with Crippen LogP contribution < -0.4 is 0 Å². The van der Waals surface area contributed by atoms with E-state index < -0.39 is 5.82 Å². The van der Waals surface area contributed by atoms with E-state index >= 15 is 0 Å². The molecule has 0 amide bonds. The molecule has 98 valence electrons. The predicted octanol–water partition coefficient (Wildman–Crippen LogP) is 4.57. The first-order valence-electron chi connectivity index (χ1n) is 5.48. The Hall–Kier alpha value is -1.39. The third-order valence-corrected chi connectivity index (χ3v) is 3.26. The number of aliphatic imine (C=N–C) groups is 1. The predicted molar refractivity (Wildman–Crippen MR) is 78.5 cm³/mol. The molecule has 0 spiro atoms. The summed E-state index contributed by atoms with van der Waals surface area (Å²) in [5.74, 6) is -0.289. The van der Waals surface area contributed by atoms with Crippen LogP contribution in [0.4, 0.5) is 4.39 Å². The first-order valence-corrected chi connectivity index (χ1v) is 6.65. The van der Waals surface area contributed by atoms with Crippen molar-refractivity contribution in [2.75, 3.05) is 0 Å². The van der Waals surface area contributed by atoms with E-state index in [2.05, 4.69) is 20.9 Å². The molecule has 2 aromatic rings. The Kier molecular flexibility index (Phi) is 4.56. The first-order chi connectivity index (χ1) is 9.06. The number of nitrogens with zero attached hydrogens (tertiary/aromatic N) is 1. The largest absolute Gasteiger partial charge is 0.507 e. The van der Waals surface area contributed by atoms with Crippen molar-refractivity contribution in [3.63, 3.8) is 0 Å². The van der Waals surface area contributed by atoms with Crippen molar-refractivity contribution in [1.29, 1.82) is 0 Å². The average Bonchev–Trinajstić information content (AvgIpc) is 2.38. The lowest BCUT2D eigenvalue weighted by Crippen LogP contribution is -1.87. The highest BCUT2D eigenvalue weighted by atomic mass is 79.9. The molecule has 2 rings (SSSR count). The third kappa shape index (κ3) is 3.78. The summed E-state index contributed by atoms with van der Waals surface area (Å²) < 4.78 is 13.8. The highest BCUT2D eigenvalue weighted by Crippen LogP contribution is 2.20. The average molecular weight is 343 g/mol. The molecule has 1 N–H and O–H groups in total. The van der Waals surface area contributed by atoms with Gasteiger partial charge in [-0.2, -0.15) is 0 Å². The molecule has 5 heteroatoms. The van der Waals surface area contributed by atoms with Gasteiger partial charge in [0.1, 0.15) is 11.6 Å². The van der Waals surface area contributed by atoms with Gasteiger partial charge in [-0.15, -0.1) is 0 Å². The standard InChI is InChI=1S/C14H10BrClFNO/c15-11-2-4-14(19)10(6-11)8-18-7-9-1-3-13(17)12(16)5-9/h1-6,8,19H,7H2. The minimum Gasteiger partial charge on any atom is -0.507 e. The summed E-state index contributed by atoms with van der Waals surface area (Å²) in [5.41, 5.74) is 1.42. The second-order valence-electron chi connectivity index (χ2n) is 3.92. The fraction of sp³-hybridized carbons (Fsp3) is 0.0714. The van der Waals surface area contributed by atoms with Gasteiger partial charge in [-0.05, 0) is 35.9 Å². The van der Waals surface area contributed by atoms with Crippen LogP contribution in [0, 0.1) is 5.82 Å². The lowest BCUT2D eigenvalue weighted by molar-refractivity contribution is 0.474. The van der Waals surface area contributed by atoms with E-state index in [1.165, 1.54) is 12.1 Å². The second kappa shape index (κ2) is 6.17. The van der Waals surface area contributed by atoms with E-state index in [0.29, 0.717) is 12.1 Å². The van der Waals surface area contributed by atoms with Crippen LogP contribution in [-0.4, -0.2) is 11.3 Å². The van der Waals surface area contributed by atoms with E-state index in [0.717, 1.165) is 10.0 Å². The molecule has 0 aliphatic heterocycles. The van der Waals surface area contributed by atoms with Crippen LogP contribution in [0.1, 0.15) is 11.1 Å². The summed E-state index contributed by atoms with van der Waals surface area (Å²) >= 11 is 9.00. The Morgan fingerprint density at radius 1 is 1.26 bits per heavy atom. The summed E-state index contributed by atoms with van der Waals surface area (Å²) in [5, 5.41) is 9.71. The lowest BCUT2D eigenvalue weighted by atomic mass is 10.2. The van der Waals surface area contributed by atoms with Crippen LogP contribution in [0.5, 0.6) is 5.75 Å². The molecule has 0 bridgehead atoms. The van der Waals surface area contributed by atoms with Crippen LogP contribution in [-0.2, 0) is 6.54 Å². The van der Waals surface area contributed by atoms with Gasteiger partial charge in [0.25, 0.3) is 0 Å². The number of hydrogen-bond donors (Lipinski definition) is 1.